The molecule has 0 aliphatic carbocycles. The molecule has 0 saturated carbocycles. The molecular weight excluding hydrogens is 252 g/mol. The van der Waals surface area contributed by atoms with Crippen molar-refractivity contribution in [2.45, 2.75) is 0 Å². The lowest BCUT2D eigenvalue weighted by Gasteiger charge is -2.01. The Morgan fingerprint density at radius 2 is 1.90 bits per heavy atom. The highest BCUT2D eigenvalue weighted by Crippen LogP contribution is 2.18. The summed E-state index contributed by atoms with van der Waals surface area (Å²) in [5.74, 6) is -0.204. The van der Waals surface area contributed by atoms with Crippen LogP contribution in [0.25, 0.3) is 17.1 Å². The van der Waals surface area contributed by atoms with Crippen molar-refractivity contribution in [2.24, 2.45) is 0 Å². The molecule has 1 aromatic heterocycles. The molecule has 1 amide bonds. The summed E-state index contributed by atoms with van der Waals surface area (Å²) in [6.45, 7) is 0. The van der Waals surface area contributed by atoms with Gasteiger partial charge in [-0.25, -0.2) is 0 Å². The molecule has 3 rings (SSSR count). The predicted molar refractivity (Wildman–Crippen MR) is 78.0 cm³/mol. The first-order valence-electron chi connectivity index (χ1n) is 6.16. The molecule has 2 aromatic carbocycles. The number of fused-ring (bicyclic) bond motifs is 1. The molecule has 98 valence electrons. The number of aromatic amines is 1. The number of para-hydroxylation sites is 1. The molecule has 0 radical (unpaired) electrons. The van der Waals surface area contributed by atoms with Crippen LogP contribution in [-0.2, 0) is 4.79 Å². The van der Waals surface area contributed by atoms with Crippen molar-refractivity contribution in [3.8, 4) is 0 Å². The SMILES string of the molecule is O=C(C=Cc1ccccc1)Nc1cccc2n[nH]nc12. The first-order valence-corrected chi connectivity index (χ1v) is 6.16. The third-order valence-electron chi connectivity index (χ3n) is 2.83. The molecule has 5 nitrogen and oxygen atoms in total. The first-order chi connectivity index (χ1) is 9.83. The first kappa shape index (κ1) is 12.1. The normalized spacial score (nSPS) is 11.0. The van der Waals surface area contributed by atoms with E-state index in [2.05, 4.69) is 20.7 Å². The molecular formula is C15H12N4O. The number of rotatable bonds is 3. The van der Waals surface area contributed by atoms with E-state index >= 15 is 0 Å². The van der Waals surface area contributed by atoms with E-state index in [1.165, 1.54) is 6.08 Å². The van der Waals surface area contributed by atoms with E-state index in [0.29, 0.717) is 11.2 Å². The number of hydrogen-bond donors (Lipinski definition) is 2. The second-order valence-electron chi connectivity index (χ2n) is 4.23. The van der Waals surface area contributed by atoms with Gasteiger partial charge < -0.3 is 5.32 Å². The average Bonchev–Trinajstić information content (AvgIpc) is 2.96. The van der Waals surface area contributed by atoms with E-state index in [4.69, 9.17) is 0 Å². The number of benzene rings is 2. The van der Waals surface area contributed by atoms with Crippen molar-refractivity contribution >= 4 is 28.7 Å². The standard InChI is InChI=1S/C15H12N4O/c20-14(10-9-11-5-2-1-3-6-11)16-12-7-4-8-13-15(12)18-19-17-13/h1-10H,(H,16,20)(H,17,18,19). The Morgan fingerprint density at radius 3 is 2.75 bits per heavy atom. The Labute approximate surface area is 115 Å². The van der Waals surface area contributed by atoms with Gasteiger partial charge in [0, 0.05) is 6.08 Å². The van der Waals surface area contributed by atoms with Crippen LogP contribution in [0.2, 0.25) is 0 Å². The van der Waals surface area contributed by atoms with Gasteiger partial charge >= 0.3 is 0 Å². The smallest absolute Gasteiger partial charge is 0.248 e. The zero-order valence-corrected chi connectivity index (χ0v) is 10.6. The van der Waals surface area contributed by atoms with E-state index in [1.807, 2.05) is 42.5 Å². The molecule has 0 aliphatic rings. The summed E-state index contributed by atoms with van der Waals surface area (Å²) in [4.78, 5) is 11.9. The van der Waals surface area contributed by atoms with Crippen molar-refractivity contribution in [3.63, 3.8) is 0 Å². The maximum atomic E-state index is 11.9. The summed E-state index contributed by atoms with van der Waals surface area (Å²) >= 11 is 0. The maximum absolute atomic E-state index is 11.9. The summed E-state index contributed by atoms with van der Waals surface area (Å²) in [6.07, 6.45) is 3.26. The van der Waals surface area contributed by atoms with E-state index in [9.17, 15) is 4.79 Å². The van der Waals surface area contributed by atoms with E-state index in [0.717, 1.165) is 11.1 Å². The van der Waals surface area contributed by atoms with Crippen LogP contribution < -0.4 is 5.32 Å². The van der Waals surface area contributed by atoms with Crippen LogP contribution in [0.5, 0.6) is 0 Å². The molecule has 0 unspecified atom stereocenters. The summed E-state index contributed by atoms with van der Waals surface area (Å²) in [6, 6.07) is 15.1. The molecule has 0 aliphatic heterocycles. The molecule has 5 heteroatoms. The number of carbonyl (C=O) groups is 1. The van der Waals surface area contributed by atoms with Gasteiger partial charge in [0.2, 0.25) is 5.91 Å². The van der Waals surface area contributed by atoms with Crippen molar-refractivity contribution in [3.05, 3.63) is 60.2 Å². The number of nitrogens with zero attached hydrogens (tertiary/aromatic N) is 2. The fourth-order valence-corrected chi connectivity index (χ4v) is 1.88. The number of hydrogen-bond acceptors (Lipinski definition) is 3. The summed E-state index contributed by atoms with van der Waals surface area (Å²) in [5, 5.41) is 13.3. The summed E-state index contributed by atoms with van der Waals surface area (Å²) in [5.41, 5.74) is 2.98. The highest BCUT2D eigenvalue weighted by Gasteiger charge is 2.06. The Balaban J connectivity index is 1.76. The molecule has 1 heterocycles. The van der Waals surface area contributed by atoms with Crippen molar-refractivity contribution in [2.75, 3.05) is 5.32 Å². The number of anilines is 1. The number of aromatic nitrogens is 3. The van der Waals surface area contributed by atoms with Crippen LogP contribution in [0, 0.1) is 0 Å². The van der Waals surface area contributed by atoms with Gasteiger partial charge in [-0.1, -0.05) is 36.4 Å². The number of nitrogens with one attached hydrogen (secondary N) is 2. The maximum Gasteiger partial charge on any atom is 0.248 e. The number of amides is 1. The Kier molecular flexibility index (Phi) is 3.24. The van der Waals surface area contributed by atoms with Crippen molar-refractivity contribution in [1.29, 1.82) is 0 Å². The highest BCUT2D eigenvalue weighted by molar-refractivity contribution is 6.06. The molecule has 0 saturated heterocycles. The molecule has 0 spiro atoms. The molecule has 0 atom stereocenters. The summed E-state index contributed by atoms with van der Waals surface area (Å²) in [7, 11) is 0. The monoisotopic (exact) mass is 264 g/mol. The van der Waals surface area contributed by atoms with Crippen LogP contribution in [0.1, 0.15) is 5.56 Å². The Morgan fingerprint density at radius 1 is 1.05 bits per heavy atom. The lowest BCUT2D eigenvalue weighted by molar-refractivity contribution is -0.111. The van der Waals surface area contributed by atoms with Crippen molar-refractivity contribution in [1.82, 2.24) is 15.4 Å². The fraction of sp³-hybridized carbons (Fsp3) is 0. The van der Waals surface area contributed by atoms with Gasteiger partial charge in [-0.05, 0) is 23.8 Å². The van der Waals surface area contributed by atoms with Gasteiger partial charge in [0.05, 0.1) is 5.69 Å². The van der Waals surface area contributed by atoms with Gasteiger partial charge in [-0.3, -0.25) is 4.79 Å². The van der Waals surface area contributed by atoms with Crippen LogP contribution >= 0.6 is 0 Å². The minimum Gasteiger partial charge on any atom is -0.320 e. The zero-order valence-electron chi connectivity index (χ0n) is 10.6. The minimum atomic E-state index is -0.204. The van der Waals surface area contributed by atoms with Gasteiger partial charge in [-0.2, -0.15) is 15.4 Å². The third kappa shape index (κ3) is 2.56. The zero-order chi connectivity index (χ0) is 13.8. The Hall–Kier alpha value is -2.95. The average molecular weight is 264 g/mol. The highest BCUT2D eigenvalue weighted by atomic mass is 16.1. The second-order valence-corrected chi connectivity index (χ2v) is 4.23. The van der Waals surface area contributed by atoms with E-state index in [-0.39, 0.29) is 5.91 Å². The van der Waals surface area contributed by atoms with E-state index < -0.39 is 0 Å². The van der Waals surface area contributed by atoms with Gasteiger partial charge in [0.15, 0.2) is 0 Å². The number of carbonyl (C=O) groups excluding carboxylic acids is 1. The van der Waals surface area contributed by atoms with Crippen LogP contribution in [0.15, 0.2) is 54.6 Å². The van der Waals surface area contributed by atoms with Gasteiger partial charge in [0.1, 0.15) is 11.0 Å². The predicted octanol–water partition coefficient (Wildman–Crippen LogP) is 2.61. The lowest BCUT2D eigenvalue weighted by Crippen LogP contribution is -2.08. The second kappa shape index (κ2) is 5.36. The fourth-order valence-electron chi connectivity index (χ4n) is 1.88. The summed E-state index contributed by atoms with van der Waals surface area (Å²) < 4.78 is 0. The largest absolute Gasteiger partial charge is 0.320 e. The van der Waals surface area contributed by atoms with Gasteiger partial charge in [-0.15, -0.1) is 0 Å². The molecule has 0 bridgehead atoms. The quantitative estimate of drug-likeness (QED) is 0.714. The molecule has 3 aromatic rings. The molecule has 0 fully saturated rings. The third-order valence-corrected chi connectivity index (χ3v) is 2.83. The topological polar surface area (TPSA) is 70.7 Å². The van der Waals surface area contributed by atoms with Crippen LogP contribution in [0.3, 0.4) is 0 Å². The van der Waals surface area contributed by atoms with Crippen LogP contribution in [0.4, 0.5) is 5.69 Å². The Bertz CT molecular complexity index is 762. The minimum absolute atomic E-state index is 0.204. The molecule has 2 N–H and O–H groups in total. The van der Waals surface area contributed by atoms with Gasteiger partial charge in [0.25, 0.3) is 0 Å². The lowest BCUT2D eigenvalue weighted by atomic mass is 10.2. The molecule has 20 heavy (non-hydrogen) atoms. The van der Waals surface area contributed by atoms with Crippen molar-refractivity contribution < 1.29 is 4.79 Å². The number of H-pyrrole nitrogens is 1. The van der Waals surface area contributed by atoms with Crippen LogP contribution in [-0.4, -0.2) is 21.3 Å². The van der Waals surface area contributed by atoms with E-state index in [1.54, 1.807) is 12.1 Å².